The molecule has 0 saturated carbocycles. The van der Waals surface area contributed by atoms with Crippen molar-refractivity contribution in [2.24, 2.45) is 5.92 Å². The SMILES string of the molecule is CNC(=O)C1CCN(c2ccc(C(=O)O)cc2)CC1. The van der Waals surface area contributed by atoms with Gasteiger partial charge in [0.15, 0.2) is 0 Å². The molecule has 0 atom stereocenters. The number of nitrogens with zero attached hydrogens (tertiary/aromatic N) is 1. The van der Waals surface area contributed by atoms with Gasteiger partial charge in [-0.15, -0.1) is 0 Å². The van der Waals surface area contributed by atoms with E-state index >= 15 is 0 Å². The van der Waals surface area contributed by atoms with Crippen molar-refractivity contribution in [3.63, 3.8) is 0 Å². The zero-order chi connectivity index (χ0) is 13.8. The monoisotopic (exact) mass is 262 g/mol. The summed E-state index contributed by atoms with van der Waals surface area (Å²) in [6, 6.07) is 6.87. The average Bonchev–Trinajstić information content (AvgIpc) is 2.46. The highest BCUT2D eigenvalue weighted by atomic mass is 16.4. The summed E-state index contributed by atoms with van der Waals surface area (Å²) < 4.78 is 0. The fourth-order valence-electron chi connectivity index (χ4n) is 2.42. The van der Waals surface area contributed by atoms with Crippen molar-refractivity contribution in [2.45, 2.75) is 12.8 Å². The summed E-state index contributed by atoms with van der Waals surface area (Å²) in [5.41, 5.74) is 1.31. The van der Waals surface area contributed by atoms with Crippen LogP contribution < -0.4 is 10.2 Å². The van der Waals surface area contributed by atoms with E-state index < -0.39 is 5.97 Å². The van der Waals surface area contributed by atoms with Gasteiger partial charge in [0.05, 0.1) is 5.56 Å². The van der Waals surface area contributed by atoms with E-state index in [1.54, 1.807) is 19.2 Å². The van der Waals surface area contributed by atoms with Crippen LogP contribution in [0.25, 0.3) is 0 Å². The molecule has 0 spiro atoms. The quantitative estimate of drug-likeness (QED) is 0.862. The molecule has 5 heteroatoms. The predicted octanol–water partition coefficient (Wildman–Crippen LogP) is 1.35. The number of anilines is 1. The molecule has 1 fully saturated rings. The molecule has 102 valence electrons. The van der Waals surface area contributed by atoms with Crippen molar-refractivity contribution in [1.82, 2.24) is 5.32 Å². The van der Waals surface area contributed by atoms with E-state index in [0.717, 1.165) is 31.6 Å². The number of carbonyl (C=O) groups excluding carboxylic acids is 1. The number of nitrogens with one attached hydrogen (secondary N) is 1. The van der Waals surface area contributed by atoms with Crippen LogP contribution in [0.1, 0.15) is 23.2 Å². The van der Waals surface area contributed by atoms with Crippen molar-refractivity contribution < 1.29 is 14.7 Å². The molecule has 0 bridgehead atoms. The summed E-state index contributed by atoms with van der Waals surface area (Å²) in [6.45, 7) is 1.65. The van der Waals surface area contributed by atoms with Crippen molar-refractivity contribution in [1.29, 1.82) is 0 Å². The highest BCUT2D eigenvalue weighted by molar-refractivity contribution is 5.88. The van der Waals surface area contributed by atoms with E-state index in [2.05, 4.69) is 10.2 Å². The number of carbonyl (C=O) groups is 2. The first-order chi connectivity index (χ1) is 9.11. The van der Waals surface area contributed by atoms with E-state index in [1.807, 2.05) is 12.1 Å². The van der Waals surface area contributed by atoms with Gasteiger partial charge in [0.25, 0.3) is 0 Å². The Balaban J connectivity index is 1.97. The van der Waals surface area contributed by atoms with Gasteiger partial charge in [-0.05, 0) is 37.1 Å². The zero-order valence-corrected chi connectivity index (χ0v) is 10.9. The predicted molar refractivity (Wildman–Crippen MR) is 72.4 cm³/mol. The van der Waals surface area contributed by atoms with Gasteiger partial charge >= 0.3 is 5.97 Å². The second kappa shape index (κ2) is 5.73. The summed E-state index contributed by atoms with van der Waals surface area (Å²) in [5, 5.41) is 11.5. The summed E-state index contributed by atoms with van der Waals surface area (Å²) in [4.78, 5) is 24.5. The van der Waals surface area contributed by atoms with Crippen molar-refractivity contribution >= 4 is 17.6 Å². The summed E-state index contributed by atoms with van der Waals surface area (Å²) >= 11 is 0. The first-order valence-electron chi connectivity index (χ1n) is 6.41. The third kappa shape index (κ3) is 3.05. The maximum atomic E-state index is 11.5. The van der Waals surface area contributed by atoms with E-state index in [4.69, 9.17) is 5.11 Å². The van der Waals surface area contributed by atoms with Gasteiger partial charge in [0, 0.05) is 31.7 Å². The number of carboxylic acid groups (broad SMARTS) is 1. The molecule has 5 nitrogen and oxygen atoms in total. The lowest BCUT2D eigenvalue weighted by Gasteiger charge is -2.32. The van der Waals surface area contributed by atoms with Gasteiger partial charge in [-0.1, -0.05) is 0 Å². The molecule has 19 heavy (non-hydrogen) atoms. The molecular weight excluding hydrogens is 244 g/mol. The molecule has 1 aromatic rings. The number of carboxylic acids is 1. The minimum atomic E-state index is -0.912. The summed E-state index contributed by atoms with van der Waals surface area (Å²) in [5.74, 6) is -0.703. The molecular formula is C14H18N2O3. The number of rotatable bonds is 3. The second-order valence-corrected chi connectivity index (χ2v) is 4.73. The highest BCUT2D eigenvalue weighted by Gasteiger charge is 2.24. The Morgan fingerprint density at radius 3 is 2.26 bits per heavy atom. The van der Waals surface area contributed by atoms with Crippen molar-refractivity contribution in [2.75, 3.05) is 25.0 Å². The van der Waals surface area contributed by atoms with Crippen LogP contribution in [0.4, 0.5) is 5.69 Å². The van der Waals surface area contributed by atoms with Gasteiger partial charge in [0.1, 0.15) is 0 Å². The molecule has 1 aliphatic rings. The largest absolute Gasteiger partial charge is 0.478 e. The van der Waals surface area contributed by atoms with Crippen LogP contribution in [-0.4, -0.2) is 37.1 Å². The number of benzene rings is 1. The molecule has 1 aliphatic heterocycles. The smallest absolute Gasteiger partial charge is 0.335 e. The Kier molecular flexibility index (Phi) is 4.04. The van der Waals surface area contributed by atoms with Crippen LogP contribution in [-0.2, 0) is 4.79 Å². The second-order valence-electron chi connectivity index (χ2n) is 4.73. The van der Waals surface area contributed by atoms with Crippen LogP contribution in [0.5, 0.6) is 0 Å². The van der Waals surface area contributed by atoms with Gasteiger partial charge in [-0.2, -0.15) is 0 Å². The van der Waals surface area contributed by atoms with Gasteiger partial charge < -0.3 is 15.3 Å². The molecule has 1 aromatic carbocycles. The maximum Gasteiger partial charge on any atom is 0.335 e. The molecule has 0 unspecified atom stereocenters. The van der Waals surface area contributed by atoms with E-state index in [1.165, 1.54) is 0 Å². The lowest BCUT2D eigenvalue weighted by atomic mass is 9.95. The zero-order valence-electron chi connectivity index (χ0n) is 10.9. The van der Waals surface area contributed by atoms with Crippen LogP contribution in [0, 0.1) is 5.92 Å². The fraction of sp³-hybridized carbons (Fsp3) is 0.429. The number of hydrogen-bond donors (Lipinski definition) is 2. The Labute approximate surface area is 112 Å². The number of piperidine rings is 1. The van der Waals surface area contributed by atoms with Gasteiger partial charge in [-0.3, -0.25) is 4.79 Å². The van der Waals surface area contributed by atoms with E-state index in [0.29, 0.717) is 5.56 Å². The fourth-order valence-corrected chi connectivity index (χ4v) is 2.42. The topological polar surface area (TPSA) is 69.6 Å². The number of aromatic carboxylic acids is 1. The Morgan fingerprint density at radius 2 is 1.79 bits per heavy atom. The molecule has 1 heterocycles. The van der Waals surface area contributed by atoms with Crippen LogP contribution in [0.15, 0.2) is 24.3 Å². The molecule has 2 rings (SSSR count). The van der Waals surface area contributed by atoms with Crippen LogP contribution in [0.3, 0.4) is 0 Å². The Morgan fingerprint density at radius 1 is 1.21 bits per heavy atom. The summed E-state index contributed by atoms with van der Waals surface area (Å²) in [7, 11) is 1.67. The molecule has 0 aliphatic carbocycles. The van der Waals surface area contributed by atoms with Crippen molar-refractivity contribution in [3.8, 4) is 0 Å². The number of amides is 1. The molecule has 1 amide bonds. The molecule has 0 radical (unpaired) electrons. The third-order valence-corrected chi connectivity index (χ3v) is 3.59. The van der Waals surface area contributed by atoms with Crippen LogP contribution in [0.2, 0.25) is 0 Å². The lowest BCUT2D eigenvalue weighted by Crippen LogP contribution is -2.39. The number of hydrogen-bond acceptors (Lipinski definition) is 3. The van der Waals surface area contributed by atoms with E-state index in [9.17, 15) is 9.59 Å². The summed E-state index contributed by atoms with van der Waals surface area (Å²) in [6.07, 6.45) is 1.67. The first kappa shape index (κ1) is 13.4. The average molecular weight is 262 g/mol. The Bertz CT molecular complexity index is 462. The highest BCUT2D eigenvalue weighted by Crippen LogP contribution is 2.23. The third-order valence-electron chi connectivity index (χ3n) is 3.59. The van der Waals surface area contributed by atoms with Gasteiger partial charge in [-0.25, -0.2) is 4.79 Å². The first-order valence-corrected chi connectivity index (χ1v) is 6.41. The maximum absolute atomic E-state index is 11.5. The Hall–Kier alpha value is -2.04. The standard InChI is InChI=1S/C14H18N2O3/c1-15-13(17)10-6-8-16(9-7-10)12-4-2-11(3-5-12)14(18)19/h2-5,10H,6-9H2,1H3,(H,15,17)(H,18,19). The molecule has 1 saturated heterocycles. The van der Waals surface area contributed by atoms with Gasteiger partial charge in [0.2, 0.25) is 5.91 Å². The molecule has 0 aromatic heterocycles. The minimum Gasteiger partial charge on any atom is -0.478 e. The van der Waals surface area contributed by atoms with E-state index in [-0.39, 0.29) is 11.8 Å². The minimum absolute atomic E-state index is 0.0968. The molecule has 2 N–H and O–H groups in total. The normalized spacial score (nSPS) is 16.2. The van der Waals surface area contributed by atoms with Crippen molar-refractivity contribution in [3.05, 3.63) is 29.8 Å². The van der Waals surface area contributed by atoms with Crippen LogP contribution >= 0.6 is 0 Å². The lowest BCUT2D eigenvalue weighted by molar-refractivity contribution is -0.125.